The zero-order valence-electron chi connectivity index (χ0n) is 13.3. The van der Waals surface area contributed by atoms with Crippen LogP contribution >= 0.6 is 11.6 Å². The van der Waals surface area contributed by atoms with E-state index in [1.54, 1.807) is 0 Å². The van der Waals surface area contributed by atoms with Gasteiger partial charge < -0.3 is 9.67 Å². The van der Waals surface area contributed by atoms with Crippen molar-refractivity contribution >= 4 is 17.6 Å². The van der Waals surface area contributed by atoms with E-state index < -0.39 is 5.97 Å². The second-order valence-corrected chi connectivity index (χ2v) is 6.68. The normalized spacial score (nSPS) is 15.7. The van der Waals surface area contributed by atoms with Crippen molar-refractivity contribution in [1.29, 1.82) is 0 Å². The highest BCUT2D eigenvalue weighted by Gasteiger charge is 2.23. The van der Waals surface area contributed by atoms with Crippen molar-refractivity contribution in [3.05, 3.63) is 40.7 Å². The van der Waals surface area contributed by atoms with Gasteiger partial charge in [0.15, 0.2) is 5.69 Å². The minimum atomic E-state index is -0.988. The zero-order chi connectivity index (χ0) is 16.4. The van der Waals surface area contributed by atoms with Gasteiger partial charge in [0, 0.05) is 17.8 Å². The zero-order valence-corrected chi connectivity index (χ0v) is 14.0. The summed E-state index contributed by atoms with van der Waals surface area (Å²) in [5, 5.41) is 10.0. The number of carboxylic acid groups (broad SMARTS) is 1. The molecule has 0 amide bonds. The number of hydrogen-bond donors (Lipinski definition) is 1. The summed E-state index contributed by atoms with van der Waals surface area (Å²) in [6.45, 7) is 2.65. The number of rotatable bonds is 4. The largest absolute Gasteiger partial charge is 0.476 e. The van der Waals surface area contributed by atoms with E-state index in [9.17, 15) is 9.90 Å². The van der Waals surface area contributed by atoms with E-state index in [1.807, 2.05) is 35.8 Å². The fourth-order valence-corrected chi connectivity index (χ4v) is 3.66. The molecule has 0 atom stereocenters. The summed E-state index contributed by atoms with van der Waals surface area (Å²) in [7, 11) is 0. The van der Waals surface area contributed by atoms with Crippen LogP contribution in [0.25, 0.3) is 11.4 Å². The quantitative estimate of drug-likeness (QED) is 0.875. The van der Waals surface area contributed by atoms with Crippen LogP contribution in [0.5, 0.6) is 0 Å². The van der Waals surface area contributed by atoms with Crippen LogP contribution in [0.3, 0.4) is 0 Å². The maximum Gasteiger partial charge on any atom is 0.356 e. The lowest BCUT2D eigenvalue weighted by Gasteiger charge is -2.23. The number of imidazole rings is 1. The Kier molecular flexibility index (Phi) is 4.71. The van der Waals surface area contributed by atoms with Gasteiger partial charge in [-0.3, -0.25) is 0 Å². The van der Waals surface area contributed by atoms with E-state index in [-0.39, 0.29) is 5.69 Å². The smallest absolute Gasteiger partial charge is 0.356 e. The summed E-state index contributed by atoms with van der Waals surface area (Å²) >= 11 is 6.31. The number of aromatic nitrogens is 2. The summed E-state index contributed by atoms with van der Waals surface area (Å²) in [6, 6.07) is 7.47. The van der Waals surface area contributed by atoms with Gasteiger partial charge in [0.05, 0.1) is 5.02 Å². The van der Waals surface area contributed by atoms with Gasteiger partial charge >= 0.3 is 5.97 Å². The Morgan fingerprint density at radius 2 is 2.00 bits per heavy atom. The Hall–Kier alpha value is -1.81. The highest BCUT2D eigenvalue weighted by molar-refractivity contribution is 6.33. The Labute approximate surface area is 141 Å². The van der Waals surface area contributed by atoms with Crippen molar-refractivity contribution in [2.45, 2.75) is 45.6 Å². The third-order valence-corrected chi connectivity index (χ3v) is 5.03. The monoisotopic (exact) mass is 332 g/mol. The first-order valence-corrected chi connectivity index (χ1v) is 8.51. The van der Waals surface area contributed by atoms with E-state index in [4.69, 9.17) is 11.6 Å². The molecule has 1 saturated carbocycles. The molecule has 1 aromatic heterocycles. The Bertz CT molecular complexity index is 718. The van der Waals surface area contributed by atoms with Crippen LogP contribution in [-0.2, 0) is 6.54 Å². The fraction of sp³-hybridized carbons (Fsp3) is 0.444. The Morgan fingerprint density at radius 3 is 2.65 bits per heavy atom. The molecule has 1 aromatic carbocycles. The number of carboxylic acids is 1. The van der Waals surface area contributed by atoms with E-state index in [0.717, 1.165) is 12.1 Å². The topological polar surface area (TPSA) is 55.1 Å². The van der Waals surface area contributed by atoms with Crippen LogP contribution in [0.1, 0.15) is 48.3 Å². The van der Waals surface area contributed by atoms with Gasteiger partial charge in [-0.1, -0.05) is 43.0 Å². The van der Waals surface area contributed by atoms with E-state index in [2.05, 4.69) is 4.98 Å². The van der Waals surface area contributed by atoms with Gasteiger partial charge in [-0.05, 0) is 37.8 Å². The number of benzene rings is 1. The maximum atomic E-state index is 11.5. The number of hydrogen-bond acceptors (Lipinski definition) is 2. The molecule has 0 aliphatic heterocycles. The standard InChI is InChI=1S/C18H21ClN2O2/c1-12-16(18(22)23)20-17(14-9-5-6-10-15(14)19)21(12)11-13-7-3-2-4-8-13/h5-6,9-10,13H,2-4,7-8,11H2,1H3,(H,22,23). The molecular weight excluding hydrogens is 312 g/mol. The molecule has 1 heterocycles. The van der Waals surface area contributed by atoms with Crippen molar-refractivity contribution in [2.75, 3.05) is 0 Å². The molecule has 23 heavy (non-hydrogen) atoms. The molecule has 3 rings (SSSR count). The van der Waals surface area contributed by atoms with Crippen LogP contribution in [-0.4, -0.2) is 20.6 Å². The predicted octanol–water partition coefficient (Wildman–Crippen LogP) is 4.79. The molecule has 1 aliphatic rings. The molecule has 122 valence electrons. The van der Waals surface area contributed by atoms with Crippen molar-refractivity contribution in [3.63, 3.8) is 0 Å². The first-order valence-electron chi connectivity index (χ1n) is 8.13. The number of nitrogens with zero attached hydrogens (tertiary/aromatic N) is 2. The Morgan fingerprint density at radius 1 is 1.30 bits per heavy atom. The minimum Gasteiger partial charge on any atom is -0.476 e. The second kappa shape index (κ2) is 6.75. The molecule has 5 heteroatoms. The average Bonchev–Trinajstić information content (AvgIpc) is 2.86. The lowest BCUT2D eigenvalue weighted by Crippen LogP contribution is -2.16. The predicted molar refractivity (Wildman–Crippen MR) is 90.9 cm³/mol. The van der Waals surface area contributed by atoms with Crippen molar-refractivity contribution in [1.82, 2.24) is 9.55 Å². The van der Waals surface area contributed by atoms with Gasteiger partial charge in [0.25, 0.3) is 0 Å². The van der Waals surface area contributed by atoms with Crippen LogP contribution in [0, 0.1) is 12.8 Å². The first-order chi connectivity index (χ1) is 11.1. The third-order valence-electron chi connectivity index (χ3n) is 4.70. The lowest BCUT2D eigenvalue weighted by molar-refractivity contribution is 0.0690. The molecule has 0 spiro atoms. The Balaban J connectivity index is 2.05. The lowest BCUT2D eigenvalue weighted by atomic mass is 9.89. The van der Waals surface area contributed by atoms with Gasteiger partial charge in [0.1, 0.15) is 5.82 Å². The van der Waals surface area contributed by atoms with Crippen LogP contribution in [0.4, 0.5) is 0 Å². The number of halogens is 1. The molecule has 0 radical (unpaired) electrons. The summed E-state index contributed by atoms with van der Waals surface area (Å²) in [5.74, 6) is 0.258. The maximum absolute atomic E-state index is 11.5. The highest BCUT2D eigenvalue weighted by atomic mass is 35.5. The number of carbonyl (C=O) groups is 1. The minimum absolute atomic E-state index is 0.121. The van der Waals surface area contributed by atoms with Gasteiger partial charge in [0.2, 0.25) is 0 Å². The summed E-state index contributed by atoms with van der Waals surface area (Å²) in [4.78, 5) is 15.9. The van der Waals surface area contributed by atoms with Crippen LogP contribution in [0.2, 0.25) is 5.02 Å². The molecule has 1 N–H and O–H groups in total. The van der Waals surface area contributed by atoms with E-state index in [0.29, 0.717) is 22.5 Å². The fourth-order valence-electron chi connectivity index (χ4n) is 3.44. The molecular formula is C18H21ClN2O2. The molecule has 2 aromatic rings. The summed E-state index contributed by atoms with van der Waals surface area (Å²) < 4.78 is 2.04. The van der Waals surface area contributed by atoms with Crippen molar-refractivity contribution < 1.29 is 9.90 Å². The molecule has 1 fully saturated rings. The molecule has 0 saturated heterocycles. The molecule has 0 unspecified atom stereocenters. The molecule has 0 bridgehead atoms. The van der Waals surface area contributed by atoms with Crippen molar-refractivity contribution in [2.24, 2.45) is 5.92 Å². The third kappa shape index (κ3) is 3.27. The average molecular weight is 333 g/mol. The molecule has 1 aliphatic carbocycles. The summed E-state index contributed by atoms with van der Waals surface area (Å²) in [5.41, 5.74) is 1.62. The first kappa shape index (κ1) is 16.1. The van der Waals surface area contributed by atoms with Crippen molar-refractivity contribution in [3.8, 4) is 11.4 Å². The van der Waals surface area contributed by atoms with E-state index >= 15 is 0 Å². The summed E-state index contributed by atoms with van der Waals surface area (Å²) in [6.07, 6.45) is 6.21. The SMILES string of the molecule is Cc1c(C(=O)O)nc(-c2ccccc2Cl)n1CC1CCCCC1. The second-order valence-electron chi connectivity index (χ2n) is 6.27. The van der Waals surface area contributed by atoms with Crippen LogP contribution in [0.15, 0.2) is 24.3 Å². The van der Waals surface area contributed by atoms with Gasteiger partial charge in [-0.15, -0.1) is 0 Å². The van der Waals surface area contributed by atoms with E-state index in [1.165, 1.54) is 32.1 Å². The molecule has 4 nitrogen and oxygen atoms in total. The van der Waals surface area contributed by atoms with Crippen LogP contribution < -0.4 is 0 Å². The highest BCUT2D eigenvalue weighted by Crippen LogP contribution is 2.32. The van der Waals surface area contributed by atoms with Gasteiger partial charge in [-0.2, -0.15) is 0 Å². The van der Waals surface area contributed by atoms with Gasteiger partial charge in [-0.25, -0.2) is 9.78 Å². The number of aromatic carboxylic acids is 1.